The second-order valence-corrected chi connectivity index (χ2v) is 8.90. The van der Waals surface area contributed by atoms with Gasteiger partial charge in [-0.25, -0.2) is 9.98 Å². The molecule has 2 aromatic rings. The molecule has 0 atom stereocenters. The number of aromatic nitrogens is 1. The first-order valence-corrected chi connectivity index (χ1v) is 12.0. The number of benzene rings is 1. The average molecular weight is 557 g/mol. The summed E-state index contributed by atoms with van der Waals surface area (Å²) in [5, 5.41) is 10.0. The molecule has 0 bridgehead atoms. The standard InChI is InChI=1S/C23H36N6S.HI/c1-4-24-23(26-17-22-27-21(18-30-22)19(2)3)25-11-8-12-28-13-15-29(16-14-28)20-9-6-5-7-10-20;/h5-7,9-10,18-19H,4,8,11-17H2,1-3H3,(H2,24,25,26);1H. The van der Waals surface area contributed by atoms with Crippen LogP contribution in [-0.2, 0) is 6.54 Å². The zero-order chi connectivity index (χ0) is 21.2. The molecule has 31 heavy (non-hydrogen) atoms. The van der Waals surface area contributed by atoms with Gasteiger partial charge in [0, 0.05) is 50.3 Å². The molecule has 1 fully saturated rings. The first kappa shape index (κ1) is 25.9. The Kier molecular flexibility index (Phi) is 11.6. The van der Waals surface area contributed by atoms with Gasteiger partial charge in [0.1, 0.15) is 5.01 Å². The van der Waals surface area contributed by atoms with E-state index in [9.17, 15) is 0 Å². The molecular formula is C23H37IN6S. The molecule has 1 aliphatic rings. The summed E-state index contributed by atoms with van der Waals surface area (Å²) in [5.41, 5.74) is 2.50. The van der Waals surface area contributed by atoms with Crippen LogP contribution in [0.15, 0.2) is 40.7 Å². The SMILES string of the molecule is CCNC(=NCc1nc(C(C)C)cs1)NCCCN1CCN(c2ccccc2)CC1.I. The van der Waals surface area contributed by atoms with Crippen LogP contribution in [0.25, 0.3) is 0 Å². The van der Waals surface area contributed by atoms with Crippen molar-refractivity contribution in [1.82, 2.24) is 20.5 Å². The van der Waals surface area contributed by atoms with Crippen LogP contribution in [0.4, 0.5) is 5.69 Å². The quantitative estimate of drug-likeness (QED) is 0.211. The van der Waals surface area contributed by atoms with Crippen LogP contribution in [0.2, 0.25) is 0 Å². The van der Waals surface area contributed by atoms with E-state index in [1.807, 2.05) is 0 Å². The number of aliphatic imine (C=N–C) groups is 1. The monoisotopic (exact) mass is 556 g/mol. The van der Waals surface area contributed by atoms with Crippen LogP contribution in [-0.4, -0.2) is 61.7 Å². The van der Waals surface area contributed by atoms with E-state index in [1.54, 1.807) is 11.3 Å². The van der Waals surface area contributed by atoms with E-state index in [0.29, 0.717) is 12.5 Å². The highest BCUT2D eigenvalue weighted by atomic mass is 127. The van der Waals surface area contributed by atoms with Crippen molar-refractivity contribution in [3.63, 3.8) is 0 Å². The Morgan fingerprint density at radius 1 is 1.13 bits per heavy atom. The normalized spacial score (nSPS) is 15.1. The van der Waals surface area contributed by atoms with E-state index < -0.39 is 0 Å². The number of piperazine rings is 1. The minimum absolute atomic E-state index is 0. The van der Waals surface area contributed by atoms with Gasteiger partial charge in [0.05, 0.1) is 12.2 Å². The minimum atomic E-state index is 0. The van der Waals surface area contributed by atoms with Crippen molar-refractivity contribution in [2.45, 2.75) is 39.7 Å². The summed E-state index contributed by atoms with van der Waals surface area (Å²) in [7, 11) is 0. The number of nitrogens with zero attached hydrogens (tertiary/aromatic N) is 4. The van der Waals surface area contributed by atoms with Gasteiger partial charge in [0.2, 0.25) is 0 Å². The molecule has 1 aliphatic heterocycles. The summed E-state index contributed by atoms with van der Waals surface area (Å²) in [5.74, 6) is 1.35. The number of para-hydroxylation sites is 1. The van der Waals surface area contributed by atoms with E-state index in [1.165, 1.54) is 5.69 Å². The third-order valence-electron chi connectivity index (χ3n) is 5.31. The zero-order valence-corrected chi connectivity index (χ0v) is 22.2. The van der Waals surface area contributed by atoms with Crippen LogP contribution in [0.1, 0.15) is 43.8 Å². The first-order valence-electron chi connectivity index (χ1n) is 11.1. The fraction of sp³-hybridized carbons (Fsp3) is 0.565. The number of guanidine groups is 1. The Bertz CT molecular complexity index is 771. The van der Waals surface area contributed by atoms with Crippen molar-refractivity contribution in [3.8, 4) is 0 Å². The molecule has 0 unspecified atom stereocenters. The number of hydrogen-bond acceptors (Lipinski definition) is 5. The van der Waals surface area contributed by atoms with Crippen molar-refractivity contribution < 1.29 is 0 Å². The summed E-state index contributed by atoms with van der Waals surface area (Å²) in [6.07, 6.45) is 1.12. The number of rotatable bonds is 9. The summed E-state index contributed by atoms with van der Waals surface area (Å²) in [4.78, 5) is 14.4. The highest BCUT2D eigenvalue weighted by Gasteiger charge is 2.16. The topological polar surface area (TPSA) is 55.8 Å². The zero-order valence-electron chi connectivity index (χ0n) is 19.0. The molecule has 0 radical (unpaired) electrons. The van der Waals surface area contributed by atoms with Crippen molar-refractivity contribution in [1.29, 1.82) is 0 Å². The second-order valence-electron chi connectivity index (χ2n) is 7.96. The maximum absolute atomic E-state index is 4.71. The average Bonchev–Trinajstić information content (AvgIpc) is 3.25. The lowest BCUT2D eigenvalue weighted by molar-refractivity contribution is 0.255. The van der Waals surface area contributed by atoms with Crippen molar-refractivity contribution in [2.75, 3.05) is 50.7 Å². The van der Waals surface area contributed by atoms with Gasteiger partial charge in [-0.3, -0.25) is 4.90 Å². The molecule has 2 N–H and O–H groups in total. The second kappa shape index (κ2) is 13.9. The molecule has 1 aromatic heterocycles. The molecule has 172 valence electrons. The van der Waals surface area contributed by atoms with Crippen LogP contribution in [0.3, 0.4) is 0 Å². The summed E-state index contributed by atoms with van der Waals surface area (Å²) < 4.78 is 0. The molecule has 3 rings (SSSR count). The molecule has 6 nitrogen and oxygen atoms in total. The van der Waals surface area contributed by atoms with Gasteiger partial charge in [-0.15, -0.1) is 35.3 Å². The van der Waals surface area contributed by atoms with Crippen molar-refractivity contribution >= 4 is 47.0 Å². The lowest BCUT2D eigenvalue weighted by Gasteiger charge is -2.36. The number of hydrogen-bond donors (Lipinski definition) is 2. The maximum atomic E-state index is 4.71. The van der Waals surface area contributed by atoms with E-state index >= 15 is 0 Å². The predicted octanol–water partition coefficient (Wildman–Crippen LogP) is 4.15. The predicted molar refractivity (Wildman–Crippen MR) is 144 cm³/mol. The van der Waals surface area contributed by atoms with Crippen LogP contribution in [0.5, 0.6) is 0 Å². The van der Waals surface area contributed by atoms with Gasteiger partial charge in [-0.2, -0.15) is 0 Å². The fourth-order valence-electron chi connectivity index (χ4n) is 3.53. The number of anilines is 1. The molecule has 1 aromatic carbocycles. The molecule has 0 spiro atoms. The Labute approximate surface area is 208 Å². The van der Waals surface area contributed by atoms with E-state index in [-0.39, 0.29) is 24.0 Å². The Morgan fingerprint density at radius 3 is 2.52 bits per heavy atom. The van der Waals surface area contributed by atoms with Gasteiger partial charge >= 0.3 is 0 Å². The highest BCUT2D eigenvalue weighted by molar-refractivity contribution is 14.0. The lowest BCUT2D eigenvalue weighted by Crippen LogP contribution is -2.47. The largest absolute Gasteiger partial charge is 0.369 e. The van der Waals surface area contributed by atoms with Crippen molar-refractivity contribution in [2.24, 2.45) is 4.99 Å². The highest BCUT2D eigenvalue weighted by Crippen LogP contribution is 2.18. The van der Waals surface area contributed by atoms with Gasteiger partial charge in [-0.05, 0) is 37.9 Å². The summed E-state index contributed by atoms with van der Waals surface area (Å²) >= 11 is 1.70. The van der Waals surface area contributed by atoms with Crippen molar-refractivity contribution in [3.05, 3.63) is 46.4 Å². The summed E-state index contributed by atoms with van der Waals surface area (Å²) in [6.45, 7) is 14.5. The smallest absolute Gasteiger partial charge is 0.191 e. The Balaban J connectivity index is 0.00000341. The van der Waals surface area contributed by atoms with Gasteiger partial charge in [0.15, 0.2) is 5.96 Å². The van der Waals surface area contributed by atoms with Gasteiger partial charge in [-0.1, -0.05) is 32.0 Å². The van der Waals surface area contributed by atoms with E-state index in [0.717, 1.165) is 68.9 Å². The van der Waals surface area contributed by atoms with Crippen LogP contribution in [0, 0.1) is 0 Å². The third kappa shape index (κ3) is 8.57. The molecular weight excluding hydrogens is 519 g/mol. The molecule has 1 saturated heterocycles. The number of thiazole rings is 1. The van der Waals surface area contributed by atoms with Gasteiger partial charge < -0.3 is 15.5 Å². The molecule has 8 heteroatoms. The van der Waals surface area contributed by atoms with E-state index in [4.69, 9.17) is 4.99 Å². The van der Waals surface area contributed by atoms with Crippen LogP contribution >= 0.6 is 35.3 Å². The van der Waals surface area contributed by atoms with Crippen LogP contribution < -0.4 is 15.5 Å². The Morgan fingerprint density at radius 2 is 1.87 bits per heavy atom. The molecule has 0 amide bonds. The molecule has 2 heterocycles. The fourth-order valence-corrected chi connectivity index (χ4v) is 4.41. The molecule has 0 aliphatic carbocycles. The van der Waals surface area contributed by atoms with Gasteiger partial charge in [0.25, 0.3) is 0 Å². The number of halogens is 1. The minimum Gasteiger partial charge on any atom is -0.369 e. The first-order chi connectivity index (χ1) is 14.7. The third-order valence-corrected chi connectivity index (χ3v) is 6.17. The Hall–Kier alpha value is -1.39. The maximum Gasteiger partial charge on any atom is 0.191 e. The van der Waals surface area contributed by atoms with E-state index in [2.05, 4.69) is 81.9 Å². The number of nitrogens with one attached hydrogen (secondary N) is 2. The lowest BCUT2D eigenvalue weighted by atomic mass is 10.2. The summed E-state index contributed by atoms with van der Waals surface area (Å²) in [6, 6.07) is 10.7. The molecule has 0 saturated carbocycles.